The summed E-state index contributed by atoms with van der Waals surface area (Å²) in [7, 11) is 1.65. The molecule has 0 amide bonds. The third kappa shape index (κ3) is 1.69. The van der Waals surface area contributed by atoms with Crippen molar-refractivity contribution in [2.45, 2.75) is 19.4 Å². The molecule has 0 saturated carbocycles. The van der Waals surface area contributed by atoms with E-state index in [1.165, 1.54) is 5.56 Å². The molecule has 2 N–H and O–H groups in total. The molecule has 4 nitrogen and oxygen atoms in total. The zero-order chi connectivity index (χ0) is 12.5. The lowest BCUT2D eigenvalue weighted by atomic mass is 10.0. The second kappa shape index (κ2) is 4.46. The number of anilines is 1. The number of ether oxygens (including phenoxy) is 1. The Bertz CT molecular complexity index is 596. The molecule has 0 fully saturated rings. The first-order valence-electron chi connectivity index (χ1n) is 6.16. The minimum atomic E-state index is -0.00149. The predicted molar refractivity (Wildman–Crippen MR) is 71.0 cm³/mol. The second-order valence-corrected chi connectivity index (χ2v) is 4.54. The first-order valence-corrected chi connectivity index (χ1v) is 6.16. The highest BCUT2D eigenvalue weighted by atomic mass is 16.5. The van der Waals surface area contributed by atoms with E-state index in [9.17, 15) is 5.11 Å². The van der Waals surface area contributed by atoms with Crippen LogP contribution >= 0.6 is 0 Å². The molecule has 3 rings (SSSR count). The molecule has 0 aliphatic carbocycles. The first-order chi connectivity index (χ1) is 8.83. The smallest absolute Gasteiger partial charge is 0.130 e. The molecule has 0 spiro atoms. The molecule has 0 atom stereocenters. The Hall–Kier alpha value is -1.81. The van der Waals surface area contributed by atoms with E-state index in [-0.39, 0.29) is 6.61 Å². The van der Waals surface area contributed by atoms with Crippen LogP contribution < -0.4 is 10.1 Å². The number of methoxy groups -OCH3 is 1. The largest absolute Gasteiger partial charge is 0.496 e. The predicted octanol–water partition coefficient (Wildman–Crippen LogP) is 2.09. The van der Waals surface area contributed by atoms with E-state index in [4.69, 9.17) is 4.74 Å². The van der Waals surface area contributed by atoms with Crippen molar-refractivity contribution in [1.29, 1.82) is 0 Å². The van der Waals surface area contributed by atoms with Crippen molar-refractivity contribution < 1.29 is 9.84 Å². The second-order valence-electron chi connectivity index (χ2n) is 4.54. The van der Waals surface area contributed by atoms with Crippen LogP contribution in [0.1, 0.15) is 17.5 Å². The number of fused-ring (bicyclic) bond motifs is 3. The molecular weight excluding hydrogens is 228 g/mol. The molecule has 0 radical (unpaired) electrons. The molecule has 1 aromatic carbocycles. The summed E-state index contributed by atoms with van der Waals surface area (Å²) in [4.78, 5) is 4.48. The van der Waals surface area contributed by atoms with Gasteiger partial charge in [0, 0.05) is 12.7 Å². The number of pyridine rings is 1. The highest BCUT2D eigenvalue weighted by Crippen LogP contribution is 2.36. The average molecular weight is 244 g/mol. The Kier molecular flexibility index (Phi) is 2.80. The van der Waals surface area contributed by atoms with Crippen molar-refractivity contribution in [2.75, 3.05) is 19.0 Å². The minimum absolute atomic E-state index is 0.00149. The molecule has 0 bridgehead atoms. The summed E-state index contributed by atoms with van der Waals surface area (Å²) in [6.07, 6.45) is 4.11. The van der Waals surface area contributed by atoms with Crippen molar-refractivity contribution in [1.82, 2.24) is 4.98 Å². The molecule has 2 heterocycles. The molecule has 4 heteroatoms. The zero-order valence-corrected chi connectivity index (χ0v) is 10.4. The van der Waals surface area contributed by atoms with Gasteiger partial charge in [0.05, 0.1) is 30.3 Å². The van der Waals surface area contributed by atoms with Gasteiger partial charge in [-0.3, -0.25) is 4.98 Å². The molecule has 18 heavy (non-hydrogen) atoms. The van der Waals surface area contributed by atoms with Crippen LogP contribution in [-0.2, 0) is 13.0 Å². The molecule has 0 saturated heterocycles. The van der Waals surface area contributed by atoms with E-state index < -0.39 is 0 Å². The summed E-state index contributed by atoms with van der Waals surface area (Å²) in [5, 5.41) is 13.7. The van der Waals surface area contributed by atoms with E-state index in [1.54, 1.807) is 7.11 Å². The van der Waals surface area contributed by atoms with Crippen LogP contribution in [0.3, 0.4) is 0 Å². The maximum absolute atomic E-state index is 9.26. The summed E-state index contributed by atoms with van der Waals surface area (Å²) in [5.74, 6) is 0.773. The maximum atomic E-state index is 9.26. The molecular formula is C14H16N2O2. The van der Waals surface area contributed by atoms with E-state index in [1.807, 2.05) is 18.3 Å². The Morgan fingerprint density at radius 3 is 3.11 bits per heavy atom. The Labute approximate surface area is 106 Å². The zero-order valence-electron chi connectivity index (χ0n) is 10.4. The van der Waals surface area contributed by atoms with Crippen molar-refractivity contribution in [3.63, 3.8) is 0 Å². The number of aliphatic hydroxyl groups excluding tert-OH is 1. The van der Waals surface area contributed by atoms with Gasteiger partial charge in [0.2, 0.25) is 0 Å². The lowest BCUT2D eigenvalue weighted by Crippen LogP contribution is -2.13. The summed E-state index contributed by atoms with van der Waals surface area (Å²) in [5.41, 5.74) is 4.06. The van der Waals surface area contributed by atoms with E-state index in [0.29, 0.717) is 0 Å². The number of aliphatic hydroxyl groups is 1. The topological polar surface area (TPSA) is 54.4 Å². The highest BCUT2D eigenvalue weighted by molar-refractivity contribution is 5.98. The summed E-state index contributed by atoms with van der Waals surface area (Å²) in [6.45, 7) is 0.982. The van der Waals surface area contributed by atoms with Gasteiger partial charge in [-0.1, -0.05) is 0 Å². The Balaban J connectivity index is 2.32. The third-order valence-electron chi connectivity index (χ3n) is 3.40. The van der Waals surface area contributed by atoms with E-state index >= 15 is 0 Å². The van der Waals surface area contributed by atoms with Crippen molar-refractivity contribution in [3.8, 4) is 5.75 Å². The lowest BCUT2D eigenvalue weighted by molar-refractivity contribution is 0.281. The van der Waals surface area contributed by atoms with Crippen LogP contribution in [0.2, 0.25) is 0 Å². The van der Waals surface area contributed by atoms with Gasteiger partial charge in [0.1, 0.15) is 5.75 Å². The van der Waals surface area contributed by atoms with Gasteiger partial charge in [-0.05, 0) is 36.1 Å². The molecule has 2 aromatic rings. The normalized spacial score (nSPS) is 14.1. The Morgan fingerprint density at radius 1 is 1.44 bits per heavy atom. The van der Waals surface area contributed by atoms with Gasteiger partial charge >= 0.3 is 0 Å². The first kappa shape index (κ1) is 11.3. The molecule has 1 aromatic heterocycles. The van der Waals surface area contributed by atoms with Crippen LogP contribution in [0.4, 0.5) is 5.69 Å². The standard InChI is InChI=1S/C14H16N2O2/c1-18-12-6-9(8-17)5-11-13(12)14-10(7-16-11)3-2-4-15-14/h5-7,15,17H,2-4,8H2,1H3. The molecule has 94 valence electrons. The number of rotatable bonds is 2. The van der Waals surface area contributed by atoms with Crippen LogP contribution in [0, 0.1) is 0 Å². The van der Waals surface area contributed by atoms with E-state index in [2.05, 4.69) is 10.3 Å². The van der Waals surface area contributed by atoms with Crippen LogP contribution in [0.15, 0.2) is 18.3 Å². The Morgan fingerprint density at radius 2 is 2.33 bits per heavy atom. The molecule has 1 aliphatic heterocycles. The summed E-state index contributed by atoms with van der Waals surface area (Å²) < 4.78 is 5.44. The lowest BCUT2D eigenvalue weighted by Gasteiger charge is -2.21. The number of aryl methyl sites for hydroxylation is 1. The molecule has 0 unspecified atom stereocenters. The quantitative estimate of drug-likeness (QED) is 0.849. The van der Waals surface area contributed by atoms with Gasteiger partial charge in [-0.25, -0.2) is 0 Å². The number of hydrogen-bond donors (Lipinski definition) is 2. The number of benzene rings is 1. The average Bonchev–Trinajstić information content (AvgIpc) is 2.45. The fourth-order valence-corrected chi connectivity index (χ4v) is 2.52. The monoisotopic (exact) mass is 244 g/mol. The maximum Gasteiger partial charge on any atom is 0.130 e. The van der Waals surface area contributed by atoms with Crippen molar-refractivity contribution >= 4 is 16.6 Å². The number of aromatic nitrogens is 1. The summed E-state index contributed by atoms with van der Waals surface area (Å²) in [6, 6.07) is 3.79. The fourth-order valence-electron chi connectivity index (χ4n) is 2.52. The SMILES string of the molecule is COc1cc(CO)cc2ncc3c(c12)NCCC3. The van der Waals surface area contributed by atoms with Gasteiger partial charge in [0.25, 0.3) is 0 Å². The van der Waals surface area contributed by atoms with Crippen molar-refractivity contribution in [3.05, 3.63) is 29.5 Å². The van der Waals surface area contributed by atoms with Gasteiger partial charge < -0.3 is 15.2 Å². The van der Waals surface area contributed by atoms with Gasteiger partial charge in [-0.15, -0.1) is 0 Å². The highest BCUT2D eigenvalue weighted by Gasteiger charge is 2.16. The van der Waals surface area contributed by atoms with Crippen molar-refractivity contribution in [2.24, 2.45) is 0 Å². The number of nitrogens with one attached hydrogen (secondary N) is 1. The van der Waals surface area contributed by atoms with Crippen LogP contribution in [0.5, 0.6) is 5.75 Å². The number of hydrogen-bond acceptors (Lipinski definition) is 4. The minimum Gasteiger partial charge on any atom is -0.496 e. The van der Waals surface area contributed by atoms with Gasteiger partial charge in [-0.2, -0.15) is 0 Å². The number of nitrogens with zero attached hydrogens (tertiary/aromatic N) is 1. The van der Waals surface area contributed by atoms with Crippen LogP contribution in [0.25, 0.3) is 10.9 Å². The fraction of sp³-hybridized carbons (Fsp3) is 0.357. The van der Waals surface area contributed by atoms with Crippen LogP contribution in [-0.4, -0.2) is 23.7 Å². The third-order valence-corrected chi connectivity index (χ3v) is 3.40. The summed E-state index contributed by atoms with van der Waals surface area (Å²) >= 11 is 0. The van der Waals surface area contributed by atoms with E-state index in [0.717, 1.165) is 47.3 Å². The molecule has 1 aliphatic rings. The van der Waals surface area contributed by atoms with Gasteiger partial charge in [0.15, 0.2) is 0 Å².